The van der Waals surface area contributed by atoms with Crippen molar-refractivity contribution in [3.05, 3.63) is 48.3 Å². The maximum Gasteiger partial charge on any atom is 0.264 e. The van der Waals surface area contributed by atoms with Crippen LogP contribution in [0.2, 0.25) is 0 Å². The number of nitrogens with one attached hydrogen (secondary N) is 1. The molecule has 184 valence electrons. The fourth-order valence-corrected chi connectivity index (χ4v) is 6.13. The van der Waals surface area contributed by atoms with Crippen LogP contribution in [0.3, 0.4) is 0 Å². The molecule has 0 saturated heterocycles. The summed E-state index contributed by atoms with van der Waals surface area (Å²) in [5.41, 5.74) is 3.36. The maximum atomic E-state index is 13.3. The van der Waals surface area contributed by atoms with Gasteiger partial charge in [-0.1, -0.05) is 40.0 Å². The first kappa shape index (κ1) is 24.6. The van der Waals surface area contributed by atoms with Crippen molar-refractivity contribution in [3.8, 4) is 0 Å². The van der Waals surface area contributed by atoms with Crippen molar-refractivity contribution >= 4 is 32.4 Å². The highest BCUT2D eigenvalue weighted by molar-refractivity contribution is 7.92. The summed E-state index contributed by atoms with van der Waals surface area (Å²) in [7, 11) is -2.07. The first-order chi connectivity index (χ1) is 16.1. The van der Waals surface area contributed by atoms with Gasteiger partial charge in [-0.3, -0.25) is 4.31 Å². The topological polar surface area (TPSA) is 67.2 Å². The average Bonchev–Trinajstić information content (AvgIpc) is 3.18. The van der Waals surface area contributed by atoms with Crippen LogP contribution in [0.1, 0.15) is 65.6 Å². The van der Waals surface area contributed by atoms with Gasteiger partial charge in [0.05, 0.1) is 21.6 Å². The molecule has 3 aromatic rings. The summed E-state index contributed by atoms with van der Waals surface area (Å²) in [6, 6.07) is 12.8. The summed E-state index contributed by atoms with van der Waals surface area (Å²) < 4.78 is 30.4. The Morgan fingerprint density at radius 1 is 1.06 bits per heavy atom. The summed E-state index contributed by atoms with van der Waals surface area (Å²) in [5, 5.41) is 3.20. The van der Waals surface area contributed by atoms with Crippen molar-refractivity contribution in [3.63, 3.8) is 0 Å². The summed E-state index contributed by atoms with van der Waals surface area (Å²) in [6.45, 7) is 10.4. The summed E-state index contributed by atoms with van der Waals surface area (Å²) in [6.07, 6.45) is 6.51. The number of anilines is 2. The molecule has 1 N–H and O–H groups in total. The van der Waals surface area contributed by atoms with E-state index in [0.717, 1.165) is 35.6 Å². The van der Waals surface area contributed by atoms with Crippen molar-refractivity contribution < 1.29 is 8.42 Å². The van der Waals surface area contributed by atoms with Crippen LogP contribution in [-0.2, 0) is 22.0 Å². The predicted molar refractivity (Wildman–Crippen MR) is 141 cm³/mol. The SMILES string of the molecule is CCNc1ccc(S(=O)(=O)N(C)c2ccc3c(c2)nc(C(C)(C)C)n3CC2CCCCC2)cc1. The highest BCUT2D eigenvalue weighted by atomic mass is 32.2. The molecule has 1 aliphatic rings. The molecule has 0 unspecified atom stereocenters. The minimum Gasteiger partial charge on any atom is -0.385 e. The lowest BCUT2D eigenvalue weighted by Crippen LogP contribution is -2.26. The molecule has 0 aliphatic heterocycles. The van der Waals surface area contributed by atoms with Gasteiger partial charge in [-0.25, -0.2) is 13.4 Å². The Morgan fingerprint density at radius 3 is 2.35 bits per heavy atom. The predicted octanol–water partition coefficient (Wildman–Crippen LogP) is 6.17. The van der Waals surface area contributed by atoms with Crippen LogP contribution < -0.4 is 9.62 Å². The van der Waals surface area contributed by atoms with Crippen molar-refractivity contribution in [2.75, 3.05) is 23.2 Å². The fourth-order valence-electron chi connectivity index (χ4n) is 4.95. The second-order valence-corrected chi connectivity index (χ2v) is 12.5. The summed E-state index contributed by atoms with van der Waals surface area (Å²) in [5.74, 6) is 1.75. The molecule has 6 nitrogen and oxygen atoms in total. The van der Waals surface area contributed by atoms with E-state index in [-0.39, 0.29) is 10.3 Å². The minimum absolute atomic E-state index is 0.0971. The molecule has 0 spiro atoms. The fraction of sp³-hybridized carbons (Fsp3) is 0.519. The molecular weight excluding hydrogens is 444 g/mol. The molecule has 2 aromatic carbocycles. The molecule has 1 heterocycles. The lowest BCUT2D eigenvalue weighted by Gasteiger charge is -2.26. The van der Waals surface area contributed by atoms with Crippen LogP contribution in [0.4, 0.5) is 11.4 Å². The number of hydrogen-bond donors (Lipinski definition) is 1. The molecule has 4 rings (SSSR count). The zero-order valence-corrected chi connectivity index (χ0v) is 22.0. The van der Waals surface area contributed by atoms with Crippen LogP contribution in [0.25, 0.3) is 11.0 Å². The van der Waals surface area contributed by atoms with Crippen LogP contribution in [0.5, 0.6) is 0 Å². The molecule has 7 heteroatoms. The van der Waals surface area contributed by atoms with Gasteiger partial charge in [-0.05, 0) is 68.1 Å². The highest BCUT2D eigenvalue weighted by Gasteiger charge is 2.27. The van der Waals surface area contributed by atoms with Gasteiger partial charge in [0.25, 0.3) is 10.0 Å². The minimum atomic E-state index is -3.68. The molecule has 0 atom stereocenters. The van der Waals surface area contributed by atoms with E-state index in [1.54, 1.807) is 31.3 Å². The van der Waals surface area contributed by atoms with Crippen molar-refractivity contribution in [2.45, 2.75) is 76.7 Å². The Kier molecular flexibility index (Phi) is 6.94. The van der Waals surface area contributed by atoms with Gasteiger partial charge >= 0.3 is 0 Å². The van der Waals surface area contributed by atoms with Gasteiger partial charge in [0, 0.05) is 31.2 Å². The second kappa shape index (κ2) is 9.61. The first-order valence-electron chi connectivity index (χ1n) is 12.4. The van der Waals surface area contributed by atoms with E-state index in [4.69, 9.17) is 4.98 Å². The van der Waals surface area contributed by atoms with Gasteiger partial charge in [-0.15, -0.1) is 0 Å². The van der Waals surface area contributed by atoms with E-state index in [9.17, 15) is 8.42 Å². The highest BCUT2D eigenvalue weighted by Crippen LogP contribution is 2.33. The molecular formula is C27H38N4O2S. The van der Waals surface area contributed by atoms with Gasteiger partial charge in [-0.2, -0.15) is 0 Å². The Labute approximate surface area is 204 Å². The molecule has 0 bridgehead atoms. The van der Waals surface area contributed by atoms with Gasteiger partial charge in [0.2, 0.25) is 0 Å². The number of rotatable bonds is 7. The van der Waals surface area contributed by atoms with E-state index < -0.39 is 10.0 Å². The van der Waals surface area contributed by atoms with Crippen LogP contribution in [0, 0.1) is 5.92 Å². The molecule has 0 radical (unpaired) electrons. The third-order valence-electron chi connectivity index (χ3n) is 6.83. The Balaban J connectivity index is 1.68. The van der Waals surface area contributed by atoms with E-state index in [2.05, 4.69) is 30.7 Å². The zero-order valence-electron chi connectivity index (χ0n) is 21.1. The number of hydrogen-bond acceptors (Lipinski definition) is 4. The smallest absolute Gasteiger partial charge is 0.264 e. The van der Waals surface area contributed by atoms with Crippen LogP contribution in [0.15, 0.2) is 47.4 Å². The quantitative estimate of drug-likeness (QED) is 0.437. The largest absolute Gasteiger partial charge is 0.385 e. The van der Waals surface area contributed by atoms with E-state index in [1.807, 2.05) is 25.1 Å². The number of nitrogens with zero attached hydrogens (tertiary/aromatic N) is 3. The number of fused-ring (bicyclic) bond motifs is 1. The zero-order chi connectivity index (χ0) is 24.5. The maximum absolute atomic E-state index is 13.3. The third kappa shape index (κ3) is 4.95. The van der Waals surface area contributed by atoms with Gasteiger partial charge in [0.1, 0.15) is 5.82 Å². The van der Waals surface area contributed by atoms with Gasteiger partial charge < -0.3 is 9.88 Å². The third-order valence-corrected chi connectivity index (χ3v) is 8.63. The molecule has 0 amide bonds. The van der Waals surface area contributed by atoms with E-state index in [0.29, 0.717) is 11.6 Å². The standard InChI is InChI=1S/C27H38N4O2S/c1-6-28-21-12-15-23(16-13-21)34(32,33)30(5)22-14-17-25-24(18-22)29-26(27(2,3)4)31(25)19-20-10-8-7-9-11-20/h12-18,20,28H,6-11,19H2,1-5H3. The molecule has 1 fully saturated rings. The Hall–Kier alpha value is -2.54. The molecule has 1 aliphatic carbocycles. The van der Waals surface area contributed by atoms with Crippen LogP contribution >= 0.6 is 0 Å². The van der Waals surface area contributed by atoms with Gasteiger partial charge in [0.15, 0.2) is 0 Å². The Bertz CT molecular complexity index is 1230. The number of benzene rings is 2. The van der Waals surface area contributed by atoms with Crippen molar-refractivity contribution in [2.24, 2.45) is 5.92 Å². The summed E-state index contributed by atoms with van der Waals surface area (Å²) >= 11 is 0. The molecule has 1 saturated carbocycles. The summed E-state index contributed by atoms with van der Waals surface area (Å²) in [4.78, 5) is 5.29. The number of imidazole rings is 1. The second-order valence-electron chi connectivity index (χ2n) is 10.5. The Morgan fingerprint density at radius 2 is 1.74 bits per heavy atom. The van der Waals surface area contributed by atoms with Crippen LogP contribution in [-0.4, -0.2) is 31.6 Å². The number of sulfonamides is 1. The van der Waals surface area contributed by atoms with Crippen molar-refractivity contribution in [1.29, 1.82) is 0 Å². The number of aromatic nitrogens is 2. The van der Waals surface area contributed by atoms with E-state index >= 15 is 0 Å². The normalized spacial score (nSPS) is 15.6. The molecule has 34 heavy (non-hydrogen) atoms. The first-order valence-corrected chi connectivity index (χ1v) is 13.9. The lowest BCUT2D eigenvalue weighted by molar-refractivity contribution is 0.313. The van der Waals surface area contributed by atoms with Crippen molar-refractivity contribution in [1.82, 2.24) is 9.55 Å². The monoisotopic (exact) mass is 482 g/mol. The molecule has 1 aromatic heterocycles. The average molecular weight is 483 g/mol. The van der Waals surface area contributed by atoms with E-state index in [1.165, 1.54) is 36.4 Å². The lowest BCUT2D eigenvalue weighted by atomic mass is 9.88.